The van der Waals surface area contributed by atoms with Crippen molar-refractivity contribution in [2.75, 3.05) is 6.61 Å². The van der Waals surface area contributed by atoms with E-state index in [1.807, 2.05) is 6.92 Å². The fourth-order valence-electron chi connectivity index (χ4n) is 7.85. The van der Waals surface area contributed by atoms with E-state index in [1.165, 1.54) is 32.1 Å². The number of aliphatic hydroxyl groups excluding tert-OH is 1. The monoisotopic (exact) mass is 345 g/mol. The van der Waals surface area contributed by atoms with Crippen LogP contribution in [0.1, 0.15) is 72.1 Å². The molecule has 0 radical (unpaired) electrons. The Morgan fingerprint density at radius 1 is 1.08 bits per heavy atom. The summed E-state index contributed by atoms with van der Waals surface area (Å²) in [4.78, 5) is 0. The van der Waals surface area contributed by atoms with E-state index in [0.29, 0.717) is 17.9 Å². The first-order chi connectivity index (χ1) is 11.9. The van der Waals surface area contributed by atoms with Crippen molar-refractivity contribution in [3.63, 3.8) is 0 Å². The van der Waals surface area contributed by atoms with E-state index in [9.17, 15) is 10.4 Å². The number of aliphatic hydroxyl groups is 1. The van der Waals surface area contributed by atoms with Gasteiger partial charge in [0.25, 0.3) is 0 Å². The Morgan fingerprint density at radius 2 is 1.84 bits per heavy atom. The zero-order valence-corrected chi connectivity index (χ0v) is 16.2. The summed E-state index contributed by atoms with van der Waals surface area (Å²) >= 11 is 0. The second-order valence-electron chi connectivity index (χ2n) is 9.96. The first-order valence-corrected chi connectivity index (χ1v) is 10.6. The van der Waals surface area contributed by atoms with Gasteiger partial charge in [0.05, 0.1) is 24.2 Å². The summed E-state index contributed by atoms with van der Waals surface area (Å²) in [6.07, 6.45) is 9.14. The highest BCUT2D eigenvalue weighted by Crippen LogP contribution is 2.67. The molecule has 0 amide bonds. The second-order valence-corrected chi connectivity index (χ2v) is 9.96. The van der Waals surface area contributed by atoms with Crippen LogP contribution in [0, 0.1) is 51.8 Å². The Hall–Kier alpha value is -0.590. The van der Waals surface area contributed by atoms with E-state index >= 15 is 0 Å². The average Bonchev–Trinajstić information content (AvgIpc) is 2.93. The number of nitrogens with zero attached hydrogens (tertiary/aromatic N) is 1. The van der Waals surface area contributed by atoms with Crippen molar-refractivity contribution >= 4 is 0 Å². The summed E-state index contributed by atoms with van der Waals surface area (Å²) in [6.45, 7) is 7.65. The molecule has 1 N–H and O–H groups in total. The van der Waals surface area contributed by atoms with Gasteiger partial charge in [-0.25, -0.2) is 0 Å². The van der Waals surface area contributed by atoms with Crippen LogP contribution in [-0.2, 0) is 4.74 Å². The number of hydrogen-bond donors (Lipinski definition) is 1. The van der Waals surface area contributed by atoms with Crippen LogP contribution in [0.25, 0.3) is 0 Å². The largest absolute Gasteiger partial charge is 0.390 e. The van der Waals surface area contributed by atoms with Crippen molar-refractivity contribution in [2.24, 2.45) is 40.4 Å². The zero-order chi connectivity index (χ0) is 17.8. The van der Waals surface area contributed by atoms with Crippen LogP contribution in [0.5, 0.6) is 0 Å². The number of ether oxygens (including phenoxy) is 1. The molecule has 0 aromatic rings. The standard InChI is InChI=1S/C22H35NO2/c1-4-25-20-12-22(3)14(11-19(20)24)5-7-16-17-8-6-15(13-23)21(17,2)10-9-18(16)22/h14-20,24H,4-12H2,1-3H3/t14?,15-,16+,17?,18?,19+,20+,21-,22+/m1/s1. The van der Waals surface area contributed by atoms with Crippen LogP contribution < -0.4 is 0 Å². The molecule has 0 spiro atoms. The van der Waals surface area contributed by atoms with E-state index in [1.54, 1.807) is 0 Å². The predicted molar refractivity (Wildman–Crippen MR) is 97.6 cm³/mol. The molecule has 3 unspecified atom stereocenters. The van der Waals surface area contributed by atoms with Gasteiger partial charge in [0.1, 0.15) is 0 Å². The lowest BCUT2D eigenvalue weighted by atomic mass is 9.44. The molecule has 4 aliphatic carbocycles. The molecule has 3 nitrogen and oxygen atoms in total. The minimum absolute atomic E-state index is 0.0220. The molecule has 4 rings (SSSR count). The molecule has 0 heterocycles. The highest BCUT2D eigenvalue weighted by molar-refractivity contribution is 5.13. The molecule has 4 aliphatic rings. The Kier molecular flexibility index (Phi) is 4.44. The molecular weight excluding hydrogens is 310 g/mol. The fourth-order valence-corrected chi connectivity index (χ4v) is 7.85. The number of nitriles is 1. The summed E-state index contributed by atoms with van der Waals surface area (Å²) in [5.74, 6) is 3.21. The first-order valence-electron chi connectivity index (χ1n) is 10.6. The molecule has 0 aromatic carbocycles. The van der Waals surface area contributed by atoms with Crippen LogP contribution in [0.3, 0.4) is 0 Å². The molecule has 0 saturated heterocycles. The Bertz CT molecular complexity index is 557. The van der Waals surface area contributed by atoms with Crippen molar-refractivity contribution in [2.45, 2.75) is 84.3 Å². The summed E-state index contributed by atoms with van der Waals surface area (Å²) in [7, 11) is 0. The van der Waals surface area contributed by atoms with E-state index in [2.05, 4.69) is 19.9 Å². The average molecular weight is 346 g/mol. The summed E-state index contributed by atoms with van der Waals surface area (Å²) in [5, 5.41) is 20.2. The fraction of sp³-hybridized carbons (Fsp3) is 0.955. The van der Waals surface area contributed by atoms with Crippen LogP contribution >= 0.6 is 0 Å². The third-order valence-corrected chi connectivity index (χ3v) is 9.20. The van der Waals surface area contributed by atoms with Gasteiger partial charge in [-0.1, -0.05) is 13.8 Å². The lowest BCUT2D eigenvalue weighted by molar-refractivity contribution is -0.169. The van der Waals surface area contributed by atoms with Crippen molar-refractivity contribution in [1.82, 2.24) is 0 Å². The zero-order valence-electron chi connectivity index (χ0n) is 16.2. The van der Waals surface area contributed by atoms with Gasteiger partial charge < -0.3 is 9.84 Å². The molecular formula is C22H35NO2. The summed E-state index contributed by atoms with van der Waals surface area (Å²) in [6, 6.07) is 2.64. The van der Waals surface area contributed by atoms with Crippen molar-refractivity contribution in [3.8, 4) is 6.07 Å². The Morgan fingerprint density at radius 3 is 2.56 bits per heavy atom. The summed E-state index contributed by atoms with van der Waals surface area (Å²) in [5.41, 5.74) is 0.570. The molecule has 3 heteroatoms. The van der Waals surface area contributed by atoms with Gasteiger partial charge in [0, 0.05) is 6.61 Å². The van der Waals surface area contributed by atoms with Gasteiger partial charge in [-0.05, 0) is 92.8 Å². The van der Waals surface area contributed by atoms with Crippen molar-refractivity contribution in [3.05, 3.63) is 0 Å². The molecule has 0 bridgehead atoms. The van der Waals surface area contributed by atoms with Gasteiger partial charge in [0.2, 0.25) is 0 Å². The lowest BCUT2D eigenvalue weighted by Gasteiger charge is -2.61. The molecule has 25 heavy (non-hydrogen) atoms. The smallest absolute Gasteiger partial charge is 0.0839 e. The first kappa shape index (κ1) is 17.8. The maximum absolute atomic E-state index is 10.5. The highest BCUT2D eigenvalue weighted by atomic mass is 16.5. The molecule has 9 atom stereocenters. The van der Waals surface area contributed by atoms with Crippen LogP contribution in [0.15, 0.2) is 0 Å². The van der Waals surface area contributed by atoms with Gasteiger partial charge in [-0.3, -0.25) is 0 Å². The van der Waals surface area contributed by atoms with E-state index in [4.69, 9.17) is 4.74 Å². The van der Waals surface area contributed by atoms with E-state index < -0.39 is 0 Å². The van der Waals surface area contributed by atoms with E-state index in [-0.39, 0.29) is 23.5 Å². The third kappa shape index (κ3) is 2.51. The van der Waals surface area contributed by atoms with Gasteiger partial charge in [-0.2, -0.15) is 5.26 Å². The second kappa shape index (κ2) is 6.24. The van der Waals surface area contributed by atoms with Gasteiger partial charge >= 0.3 is 0 Å². The van der Waals surface area contributed by atoms with Crippen molar-refractivity contribution < 1.29 is 9.84 Å². The quantitative estimate of drug-likeness (QED) is 0.799. The predicted octanol–water partition coefficient (Wildman–Crippen LogP) is 4.54. The van der Waals surface area contributed by atoms with Gasteiger partial charge in [0.15, 0.2) is 0 Å². The Labute approximate surface area is 153 Å². The van der Waals surface area contributed by atoms with Gasteiger partial charge in [-0.15, -0.1) is 0 Å². The molecule has 0 aliphatic heterocycles. The third-order valence-electron chi connectivity index (χ3n) is 9.20. The lowest BCUT2D eigenvalue weighted by Crippen LogP contribution is -2.57. The van der Waals surface area contributed by atoms with Crippen molar-refractivity contribution in [1.29, 1.82) is 5.26 Å². The molecule has 0 aromatic heterocycles. The number of fused-ring (bicyclic) bond motifs is 5. The topological polar surface area (TPSA) is 53.2 Å². The molecule has 140 valence electrons. The highest BCUT2D eigenvalue weighted by Gasteiger charge is 2.61. The van der Waals surface area contributed by atoms with Crippen LogP contribution in [-0.4, -0.2) is 23.9 Å². The minimum Gasteiger partial charge on any atom is -0.390 e. The SMILES string of the molecule is CCO[C@H]1C[C@@]2(C)C(CC[C@@H]3C2CC[C@@]2(C)C3CC[C@@H]2C#N)C[C@@H]1O. The maximum Gasteiger partial charge on any atom is 0.0839 e. The van der Waals surface area contributed by atoms with Crippen LogP contribution in [0.4, 0.5) is 0 Å². The molecule has 4 saturated carbocycles. The Balaban J connectivity index is 1.60. The maximum atomic E-state index is 10.5. The number of rotatable bonds is 2. The molecule has 4 fully saturated rings. The minimum atomic E-state index is -0.280. The van der Waals surface area contributed by atoms with Crippen LogP contribution in [0.2, 0.25) is 0 Å². The van der Waals surface area contributed by atoms with E-state index in [0.717, 1.165) is 37.0 Å². The number of hydrogen-bond acceptors (Lipinski definition) is 3. The summed E-state index contributed by atoms with van der Waals surface area (Å²) < 4.78 is 5.94. The normalized spacial score (nSPS) is 54.9.